The Morgan fingerprint density at radius 1 is 1.14 bits per heavy atom. The second-order valence-electron chi connectivity index (χ2n) is 5.32. The minimum Gasteiger partial charge on any atom is -0.376 e. The highest BCUT2D eigenvalue weighted by atomic mass is 19.1. The molecule has 3 rings (SSSR count). The molecule has 2 aromatic rings. The third-order valence-corrected chi connectivity index (χ3v) is 3.73. The summed E-state index contributed by atoms with van der Waals surface area (Å²) in [6.07, 6.45) is 1.06. The fourth-order valence-corrected chi connectivity index (χ4v) is 2.40. The van der Waals surface area contributed by atoms with Crippen LogP contribution in [0.1, 0.15) is 12.0 Å². The number of nitrogens with zero attached hydrogens (tertiary/aromatic N) is 1. The van der Waals surface area contributed by atoms with E-state index in [0.717, 1.165) is 30.3 Å². The Bertz CT molecular complexity index is 623. The first-order chi connectivity index (χ1) is 10.1. The van der Waals surface area contributed by atoms with Gasteiger partial charge in [-0.05, 0) is 37.6 Å². The lowest BCUT2D eigenvalue weighted by molar-refractivity contribution is -0.0434. The Balaban J connectivity index is 1.96. The summed E-state index contributed by atoms with van der Waals surface area (Å²) in [6, 6.07) is 11.5. The van der Waals surface area contributed by atoms with Crippen molar-refractivity contribution in [2.75, 3.05) is 18.1 Å². The summed E-state index contributed by atoms with van der Waals surface area (Å²) in [5, 5.41) is 0. The largest absolute Gasteiger partial charge is 0.376 e. The van der Waals surface area contributed by atoms with Crippen molar-refractivity contribution in [1.29, 1.82) is 0 Å². The summed E-state index contributed by atoms with van der Waals surface area (Å²) < 4.78 is 32.7. The Hall–Kier alpha value is -1.94. The Morgan fingerprint density at radius 2 is 1.86 bits per heavy atom. The maximum atomic E-state index is 14.1. The third kappa shape index (κ3) is 3.05. The van der Waals surface area contributed by atoms with E-state index in [1.54, 1.807) is 0 Å². The molecular weight excluding hydrogens is 272 g/mol. The monoisotopic (exact) mass is 289 g/mol. The molecule has 4 heteroatoms. The zero-order valence-electron chi connectivity index (χ0n) is 11.9. The fraction of sp³-hybridized carbons (Fsp3) is 0.294. The number of anilines is 2. The predicted octanol–water partition coefficient (Wildman–Crippen LogP) is 4.20. The average Bonchev–Trinajstić information content (AvgIpc) is 2.40. The number of halogens is 2. The van der Waals surface area contributed by atoms with E-state index in [-0.39, 0.29) is 6.10 Å². The van der Waals surface area contributed by atoms with Gasteiger partial charge in [0.1, 0.15) is 11.6 Å². The van der Waals surface area contributed by atoms with Crippen molar-refractivity contribution in [2.24, 2.45) is 0 Å². The van der Waals surface area contributed by atoms with Crippen LogP contribution in [0.2, 0.25) is 0 Å². The van der Waals surface area contributed by atoms with Crippen LogP contribution in [0.15, 0.2) is 42.5 Å². The van der Waals surface area contributed by atoms with Gasteiger partial charge in [-0.15, -0.1) is 0 Å². The molecule has 110 valence electrons. The standard InChI is InChI=1S/C17H17F2NO/c1-12-2-5-14(6-3-12)20(11-15-8-9-21-15)17-7-4-13(18)10-16(17)19/h2-7,10,15H,8-9,11H2,1H3. The minimum atomic E-state index is -0.569. The molecule has 1 atom stereocenters. The molecule has 1 heterocycles. The number of rotatable bonds is 4. The molecular formula is C17H17F2NO. The van der Waals surface area contributed by atoms with Crippen LogP contribution in [0.25, 0.3) is 0 Å². The Morgan fingerprint density at radius 3 is 2.43 bits per heavy atom. The molecule has 1 aliphatic heterocycles. The summed E-state index contributed by atoms with van der Waals surface area (Å²) in [5.41, 5.74) is 2.38. The van der Waals surface area contributed by atoms with Crippen LogP contribution in [0.4, 0.5) is 20.2 Å². The Labute approximate surface area is 123 Å². The van der Waals surface area contributed by atoms with Crippen molar-refractivity contribution in [2.45, 2.75) is 19.4 Å². The second-order valence-corrected chi connectivity index (χ2v) is 5.32. The summed E-state index contributed by atoms with van der Waals surface area (Å²) in [6.45, 7) is 3.31. The quantitative estimate of drug-likeness (QED) is 0.836. The second kappa shape index (κ2) is 5.82. The number of benzene rings is 2. The molecule has 0 radical (unpaired) electrons. The number of hydrogen-bond donors (Lipinski definition) is 0. The normalized spacial score (nSPS) is 17.4. The molecule has 0 spiro atoms. The SMILES string of the molecule is Cc1ccc(N(CC2CCO2)c2ccc(F)cc2F)cc1. The maximum Gasteiger partial charge on any atom is 0.149 e. The van der Waals surface area contributed by atoms with Gasteiger partial charge in [-0.1, -0.05) is 17.7 Å². The molecule has 1 fully saturated rings. The third-order valence-electron chi connectivity index (χ3n) is 3.73. The molecule has 21 heavy (non-hydrogen) atoms. The average molecular weight is 289 g/mol. The smallest absolute Gasteiger partial charge is 0.149 e. The van der Waals surface area contributed by atoms with Gasteiger partial charge in [0.25, 0.3) is 0 Å². The first-order valence-corrected chi connectivity index (χ1v) is 7.04. The van der Waals surface area contributed by atoms with Gasteiger partial charge >= 0.3 is 0 Å². The highest BCUT2D eigenvalue weighted by molar-refractivity contribution is 5.64. The Kier molecular flexibility index (Phi) is 3.88. The number of ether oxygens (including phenoxy) is 1. The maximum absolute atomic E-state index is 14.1. The highest BCUT2D eigenvalue weighted by Crippen LogP contribution is 2.30. The molecule has 0 N–H and O–H groups in total. The lowest BCUT2D eigenvalue weighted by Gasteiger charge is -2.34. The van der Waals surface area contributed by atoms with Gasteiger partial charge < -0.3 is 9.64 Å². The van der Waals surface area contributed by atoms with Crippen LogP contribution in [0.5, 0.6) is 0 Å². The molecule has 0 aromatic heterocycles. The molecule has 1 unspecified atom stereocenters. The van der Waals surface area contributed by atoms with Crippen molar-refractivity contribution in [3.63, 3.8) is 0 Å². The van der Waals surface area contributed by atoms with Crippen molar-refractivity contribution in [3.8, 4) is 0 Å². The van der Waals surface area contributed by atoms with Crippen LogP contribution in [0.3, 0.4) is 0 Å². The van der Waals surface area contributed by atoms with Crippen molar-refractivity contribution in [3.05, 3.63) is 59.7 Å². The molecule has 1 aliphatic rings. The van der Waals surface area contributed by atoms with Crippen LogP contribution in [-0.2, 0) is 4.74 Å². The molecule has 0 bridgehead atoms. The van der Waals surface area contributed by atoms with Crippen molar-refractivity contribution in [1.82, 2.24) is 0 Å². The summed E-state index contributed by atoms with van der Waals surface area (Å²) in [5.74, 6) is -1.13. The van der Waals surface area contributed by atoms with Gasteiger partial charge in [-0.2, -0.15) is 0 Å². The molecule has 1 saturated heterocycles. The van der Waals surface area contributed by atoms with Gasteiger partial charge in [0.15, 0.2) is 0 Å². The van der Waals surface area contributed by atoms with E-state index in [4.69, 9.17) is 4.74 Å². The summed E-state index contributed by atoms with van der Waals surface area (Å²) >= 11 is 0. The van der Waals surface area contributed by atoms with E-state index >= 15 is 0 Å². The summed E-state index contributed by atoms with van der Waals surface area (Å²) in [4.78, 5) is 1.85. The van der Waals surface area contributed by atoms with E-state index in [1.807, 2.05) is 36.1 Å². The van der Waals surface area contributed by atoms with Gasteiger partial charge in [0.2, 0.25) is 0 Å². The molecule has 2 nitrogen and oxygen atoms in total. The van der Waals surface area contributed by atoms with E-state index in [2.05, 4.69) is 0 Å². The zero-order chi connectivity index (χ0) is 14.8. The predicted molar refractivity (Wildman–Crippen MR) is 78.9 cm³/mol. The topological polar surface area (TPSA) is 12.5 Å². The molecule has 2 aromatic carbocycles. The van der Waals surface area contributed by atoms with Gasteiger partial charge in [0.05, 0.1) is 11.8 Å². The van der Waals surface area contributed by atoms with Gasteiger partial charge in [-0.25, -0.2) is 8.78 Å². The first-order valence-electron chi connectivity index (χ1n) is 7.04. The van der Waals surface area contributed by atoms with Crippen LogP contribution >= 0.6 is 0 Å². The number of hydrogen-bond acceptors (Lipinski definition) is 2. The minimum absolute atomic E-state index is 0.0933. The van der Waals surface area contributed by atoms with E-state index in [0.29, 0.717) is 12.2 Å². The van der Waals surface area contributed by atoms with Crippen molar-refractivity contribution < 1.29 is 13.5 Å². The summed E-state index contributed by atoms with van der Waals surface area (Å²) in [7, 11) is 0. The van der Waals surface area contributed by atoms with E-state index in [9.17, 15) is 8.78 Å². The van der Waals surface area contributed by atoms with Crippen LogP contribution in [0, 0.1) is 18.6 Å². The van der Waals surface area contributed by atoms with Crippen molar-refractivity contribution >= 4 is 11.4 Å². The first kappa shape index (κ1) is 14.0. The highest BCUT2D eigenvalue weighted by Gasteiger charge is 2.24. The molecule has 0 amide bonds. The molecule has 0 saturated carbocycles. The fourth-order valence-electron chi connectivity index (χ4n) is 2.40. The van der Waals surface area contributed by atoms with E-state index in [1.165, 1.54) is 12.1 Å². The number of aryl methyl sites for hydroxylation is 1. The van der Waals surface area contributed by atoms with E-state index < -0.39 is 11.6 Å². The molecule has 0 aliphatic carbocycles. The lowest BCUT2D eigenvalue weighted by Crippen LogP contribution is -2.38. The van der Waals surface area contributed by atoms with Crippen LogP contribution < -0.4 is 4.90 Å². The van der Waals surface area contributed by atoms with Gasteiger partial charge in [-0.3, -0.25) is 0 Å². The van der Waals surface area contributed by atoms with Crippen LogP contribution in [-0.4, -0.2) is 19.3 Å². The van der Waals surface area contributed by atoms with Gasteiger partial charge in [0, 0.05) is 24.9 Å². The zero-order valence-corrected chi connectivity index (χ0v) is 11.9. The lowest BCUT2D eigenvalue weighted by atomic mass is 10.1.